The average molecular weight is 395 g/mol. The Labute approximate surface area is 157 Å². The summed E-state index contributed by atoms with van der Waals surface area (Å²) in [5.74, 6) is -1.22. The zero-order valence-electron chi connectivity index (χ0n) is 14.0. The highest BCUT2D eigenvalue weighted by atomic mass is 35.5. The van der Waals surface area contributed by atoms with E-state index in [4.69, 9.17) is 11.6 Å². The molecule has 26 heavy (non-hydrogen) atoms. The molecule has 0 aromatic heterocycles. The molecule has 3 rings (SSSR count). The molecular formula is C17H19ClN4O3S. The molecule has 1 heterocycles. The van der Waals surface area contributed by atoms with Crippen LogP contribution in [0, 0.1) is 12.8 Å². The van der Waals surface area contributed by atoms with Crippen molar-refractivity contribution in [1.29, 1.82) is 0 Å². The smallest absolute Gasteiger partial charge is 0.250 e. The van der Waals surface area contributed by atoms with Crippen LogP contribution >= 0.6 is 11.6 Å². The third kappa shape index (κ3) is 4.34. The third-order valence-electron chi connectivity index (χ3n) is 4.01. The summed E-state index contributed by atoms with van der Waals surface area (Å²) in [6, 6.07) is 13.7. The predicted octanol–water partition coefficient (Wildman–Crippen LogP) is 2.08. The predicted molar refractivity (Wildman–Crippen MR) is 102 cm³/mol. The van der Waals surface area contributed by atoms with E-state index in [1.54, 1.807) is 36.4 Å². The SMILES string of the molecule is Cc1ccc(NS(=O)(=O)C2NNCC2C(=O)Nc2cccc(Cl)c2)cc1. The summed E-state index contributed by atoms with van der Waals surface area (Å²) >= 11 is 5.91. The van der Waals surface area contributed by atoms with Crippen LogP contribution in [0.5, 0.6) is 0 Å². The average Bonchev–Trinajstić information content (AvgIpc) is 3.08. The number of sulfonamides is 1. The zero-order valence-corrected chi connectivity index (χ0v) is 15.6. The van der Waals surface area contributed by atoms with Gasteiger partial charge < -0.3 is 5.32 Å². The van der Waals surface area contributed by atoms with Crippen molar-refractivity contribution in [2.45, 2.75) is 12.3 Å². The Kier molecular flexibility index (Phi) is 5.47. The van der Waals surface area contributed by atoms with Crippen molar-refractivity contribution >= 4 is 38.9 Å². The van der Waals surface area contributed by atoms with Gasteiger partial charge in [0, 0.05) is 22.9 Å². The van der Waals surface area contributed by atoms with E-state index in [0.717, 1.165) is 5.56 Å². The molecule has 0 spiro atoms. The summed E-state index contributed by atoms with van der Waals surface area (Å²) in [5.41, 5.74) is 7.39. The first-order chi connectivity index (χ1) is 12.3. The maximum atomic E-state index is 12.7. The zero-order chi connectivity index (χ0) is 18.7. The first kappa shape index (κ1) is 18.7. The van der Waals surface area contributed by atoms with Gasteiger partial charge in [0.15, 0.2) is 5.37 Å². The lowest BCUT2D eigenvalue weighted by atomic mass is 10.1. The van der Waals surface area contributed by atoms with Crippen LogP contribution in [0.1, 0.15) is 5.56 Å². The number of anilines is 2. The molecular weight excluding hydrogens is 376 g/mol. The number of hydrogen-bond donors (Lipinski definition) is 4. The quantitative estimate of drug-likeness (QED) is 0.622. The Bertz CT molecular complexity index is 902. The van der Waals surface area contributed by atoms with Crippen molar-refractivity contribution in [3.8, 4) is 0 Å². The van der Waals surface area contributed by atoms with E-state index in [0.29, 0.717) is 16.4 Å². The first-order valence-corrected chi connectivity index (χ1v) is 9.91. The molecule has 2 aromatic rings. The second kappa shape index (κ2) is 7.63. The molecule has 2 unspecified atom stereocenters. The molecule has 4 N–H and O–H groups in total. The molecule has 9 heteroatoms. The number of rotatable bonds is 5. The summed E-state index contributed by atoms with van der Waals surface area (Å²) < 4.78 is 27.9. The van der Waals surface area contributed by atoms with E-state index in [2.05, 4.69) is 20.9 Å². The highest BCUT2D eigenvalue weighted by Crippen LogP contribution is 2.21. The molecule has 0 bridgehead atoms. The van der Waals surface area contributed by atoms with Crippen molar-refractivity contribution < 1.29 is 13.2 Å². The second-order valence-electron chi connectivity index (χ2n) is 6.07. The van der Waals surface area contributed by atoms with E-state index in [1.165, 1.54) is 0 Å². The fourth-order valence-electron chi connectivity index (χ4n) is 2.65. The molecule has 7 nitrogen and oxygen atoms in total. The van der Waals surface area contributed by atoms with Crippen LogP contribution in [0.25, 0.3) is 0 Å². The minimum atomic E-state index is -3.83. The van der Waals surface area contributed by atoms with Crippen LogP contribution in [-0.4, -0.2) is 26.2 Å². The lowest BCUT2D eigenvalue weighted by molar-refractivity contribution is -0.119. The Balaban J connectivity index is 1.74. The number of halogens is 1. The summed E-state index contributed by atoms with van der Waals surface area (Å²) in [4.78, 5) is 12.6. The number of hydrazine groups is 1. The molecule has 2 atom stereocenters. The number of amides is 1. The largest absolute Gasteiger partial charge is 0.326 e. The number of benzene rings is 2. The summed E-state index contributed by atoms with van der Waals surface area (Å²) in [7, 11) is -3.83. The Morgan fingerprint density at radius 2 is 1.88 bits per heavy atom. The van der Waals surface area contributed by atoms with E-state index in [1.807, 2.05) is 19.1 Å². The van der Waals surface area contributed by atoms with Gasteiger partial charge in [0.05, 0.1) is 5.92 Å². The van der Waals surface area contributed by atoms with Crippen LogP contribution in [0.15, 0.2) is 48.5 Å². The number of nitrogens with one attached hydrogen (secondary N) is 4. The fraction of sp³-hybridized carbons (Fsp3) is 0.235. The van der Waals surface area contributed by atoms with E-state index >= 15 is 0 Å². The Morgan fingerprint density at radius 1 is 1.15 bits per heavy atom. The molecule has 1 aliphatic heterocycles. The maximum Gasteiger partial charge on any atom is 0.250 e. The van der Waals surface area contributed by atoms with Crippen molar-refractivity contribution in [3.05, 3.63) is 59.1 Å². The molecule has 0 radical (unpaired) electrons. The van der Waals surface area contributed by atoms with Gasteiger partial charge >= 0.3 is 0 Å². The van der Waals surface area contributed by atoms with Crippen molar-refractivity contribution in [2.24, 2.45) is 5.92 Å². The fourth-order valence-corrected chi connectivity index (χ4v) is 4.32. The Hall–Kier alpha value is -2.13. The van der Waals surface area contributed by atoms with Gasteiger partial charge in [0.25, 0.3) is 10.0 Å². The van der Waals surface area contributed by atoms with E-state index in [9.17, 15) is 13.2 Å². The normalized spacial score (nSPS) is 19.9. The topological polar surface area (TPSA) is 99.3 Å². The standard InChI is InChI=1S/C17H19ClN4O3S/c1-11-5-7-13(8-6-11)22-26(24,25)17-15(10-19-21-17)16(23)20-14-4-2-3-12(18)9-14/h2-9,15,17,19,21-22H,10H2,1H3,(H,20,23). The minimum absolute atomic E-state index is 0.186. The van der Waals surface area contributed by atoms with Crippen LogP contribution < -0.4 is 20.9 Å². The molecule has 0 saturated carbocycles. The molecule has 0 aliphatic carbocycles. The van der Waals surface area contributed by atoms with Gasteiger partial charge in [0.2, 0.25) is 5.91 Å². The summed E-state index contributed by atoms with van der Waals surface area (Å²) in [5, 5.41) is 2.08. The molecule has 1 saturated heterocycles. The van der Waals surface area contributed by atoms with E-state index in [-0.39, 0.29) is 6.54 Å². The number of carbonyl (C=O) groups is 1. The van der Waals surface area contributed by atoms with Gasteiger partial charge in [-0.25, -0.2) is 13.8 Å². The maximum absolute atomic E-state index is 12.7. The lowest BCUT2D eigenvalue weighted by Crippen LogP contribution is -2.45. The van der Waals surface area contributed by atoms with Crippen molar-refractivity contribution in [2.75, 3.05) is 16.6 Å². The van der Waals surface area contributed by atoms with E-state index < -0.39 is 27.2 Å². The Morgan fingerprint density at radius 3 is 2.58 bits per heavy atom. The summed E-state index contributed by atoms with van der Waals surface area (Å²) in [6.07, 6.45) is 0. The van der Waals surface area contributed by atoms with Crippen LogP contribution in [-0.2, 0) is 14.8 Å². The molecule has 138 valence electrons. The van der Waals surface area contributed by atoms with Gasteiger partial charge in [-0.05, 0) is 37.3 Å². The van der Waals surface area contributed by atoms with Crippen LogP contribution in [0.2, 0.25) is 5.02 Å². The van der Waals surface area contributed by atoms with Crippen LogP contribution in [0.3, 0.4) is 0 Å². The number of hydrogen-bond acceptors (Lipinski definition) is 5. The molecule has 2 aromatic carbocycles. The number of carbonyl (C=O) groups excluding carboxylic acids is 1. The highest BCUT2D eigenvalue weighted by molar-refractivity contribution is 7.93. The second-order valence-corrected chi connectivity index (χ2v) is 8.30. The number of aryl methyl sites for hydroxylation is 1. The van der Waals surface area contributed by atoms with Gasteiger partial charge in [-0.3, -0.25) is 14.9 Å². The van der Waals surface area contributed by atoms with Gasteiger partial charge in [0.1, 0.15) is 0 Å². The highest BCUT2D eigenvalue weighted by Gasteiger charge is 2.41. The van der Waals surface area contributed by atoms with Gasteiger partial charge in [-0.15, -0.1) is 0 Å². The first-order valence-electron chi connectivity index (χ1n) is 7.98. The minimum Gasteiger partial charge on any atom is -0.326 e. The summed E-state index contributed by atoms with van der Waals surface area (Å²) in [6.45, 7) is 2.10. The van der Waals surface area contributed by atoms with Gasteiger partial charge in [-0.2, -0.15) is 0 Å². The van der Waals surface area contributed by atoms with Crippen molar-refractivity contribution in [1.82, 2.24) is 10.9 Å². The van der Waals surface area contributed by atoms with Gasteiger partial charge in [-0.1, -0.05) is 35.4 Å². The lowest BCUT2D eigenvalue weighted by Gasteiger charge is -2.19. The molecule has 1 fully saturated rings. The van der Waals surface area contributed by atoms with Crippen LogP contribution in [0.4, 0.5) is 11.4 Å². The third-order valence-corrected chi connectivity index (χ3v) is 5.88. The monoisotopic (exact) mass is 394 g/mol. The molecule has 1 amide bonds. The molecule has 1 aliphatic rings. The van der Waals surface area contributed by atoms with Crippen molar-refractivity contribution in [3.63, 3.8) is 0 Å².